The van der Waals surface area contributed by atoms with Gasteiger partial charge in [-0.15, -0.1) is 0 Å². The first-order chi connectivity index (χ1) is 33.5. The van der Waals surface area contributed by atoms with Gasteiger partial charge >= 0.3 is 17.9 Å². The van der Waals surface area contributed by atoms with Crippen LogP contribution >= 0.6 is 0 Å². The highest BCUT2D eigenvalue weighted by atomic mass is 16.6. The van der Waals surface area contributed by atoms with E-state index >= 15 is 0 Å². The smallest absolute Gasteiger partial charge is 0.306 e. The van der Waals surface area contributed by atoms with Gasteiger partial charge in [-0.05, 0) is 116 Å². The average molecular weight is 943 g/mol. The van der Waals surface area contributed by atoms with E-state index in [0.717, 1.165) is 109 Å². The van der Waals surface area contributed by atoms with Crippen LogP contribution in [0.2, 0.25) is 0 Å². The fraction of sp³-hybridized carbons (Fsp3) is 0.661. The molecule has 6 heteroatoms. The van der Waals surface area contributed by atoms with Crippen LogP contribution in [0.15, 0.2) is 109 Å². The molecule has 0 radical (unpaired) electrons. The van der Waals surface area contributed by atoms with Crippen molar-refractivity contribution in [1.29, 1.82) is 0 Å². The Morgan fingerprint density at radius 2 is 0.603 bits per heavy atom. The minimum Gasteiger partial charge on any atom is -0.462 e. The summed E-state index contributed by atoms with van der Waals surface area (Å²) in [5, 5.41) is 0. The van der Waals surface area contributed by atoms with Crippen molar-refractivity contribution in [2.75, 3.05) is 13.2 Å². The standard InChI is InChI=1S/C62H102O6/c1-4-7-10-13-16-19-22-25-28-30-31-33-34-37-40-43-46-49-52-55-61(64)67-58-59(57-66-60(63)54-51-48-45-42-39-36-27-24-21-18-15-12-9-6-3)68-62(65)56-53-50-47-44-41-38-35-32-29-26-23-20-17-14-11-8-5-2/h8,11,15-20,24-29,35,38,44,47,59H,4-7,9-10,12-14,21-23,30-34,36-37,39-43,45-46,48-58H2,1-3H3/b11-8-,18-15-,19-16-,20-17-,27-24-,28-25-,29-26-,38-35-,47-44-. The summed E-state index contributed by atoms with van der Waals surface area (Å²) in [7, 11) is 0. The Hall–Kier alpha value is -3.93. The third-order valence-corrected chi connectivity index (χ3v) is 11.5. The molecule has 0 N–H and O–H groups in total. The highest BCUT2D eigenvalue weighted by Crippen LogP contribution is 2.14. The Labute approximate surface area is 419 Å². The second kappa shape index (κ2) is 55.7. The third kappa shape index (κ3) is 53.0. The van der Waals surface area contributed by atoms with Gasteiger partial charge in [-0.25, -0.2) is 0 Å². The molecule has 386 valence electrons. The van der Waals surface area contributed by atoms with E-state index in [1.54, 1.807) is 0 Å². The molecule has 0 aliphatic heterocycles. The topological polar surface area (TPSA) is 78.9 Å². The third-order valence-electron chi connectivity index (χ3n) is 11.5. The van der Waals surface area contributed by atoms with E-state index in [1.165, 1.54) is 89.9 Å². The van der Waals surface area contributed by atoms with Gasteiger partial charge in [0.1, 0.15) is 13.2 Å². The zero-order valence-electron chi connectivity index (χ0n) is 44.1. The first-order valence-electron chi connectivity index (χ1n) is 27.9. The number of hydrogen-bond donors (Lipinski definition) is 0. The molecule has 0 spiro atoms. The van der Waals surface area contributed by atoms with Crippen molar-refractivity contribution in [2.45, 2.75) is 252 Å². The highest BCUT2D eigenvalue weighted by molar-refractivity contribution is 5.71. The molecule has 0 aromatic carbocycles. The number of hydrogen-bond acceptors (Lipinski definition) is 6. The van der Waals surface area contributed by atoms with Gasteiger partial charge in [-0.1, -0.05) is 220 Å². The fourth-order valence-corrected chi connectivity index (χ4v) is 7.29. The monoisotopic (exact) mass is 943 g/mol. The van der Waals surface area contributed by atoms with Crippen molar-refractivity contribution in [3.05, 3.63) is 109 Å². The van der Waals surface area contributed by atoms with Crippen molar-refractivity contribution < 1.29 is 28.6 Å². The van der Waals surface area contributed by atoms with E-state index in [1.807, 2.05) is 0 Å². The van der Waals surface area contributed by atoms with E-state index in [-0.39, 0.29) is 37.5 Å². The van der Waals surface area contributed by atoms with Crippen molar-refractivity contribution in [2.24, 2.45) is 0 Å². The number of carbonyl (C=O) groups excluding carboxylic acids is 3. The van der Waals surface area contributed by atoms with Crippen LogP contribution in [0.25, 0.3) is 0 Å². The van der Waals surface area contributed by atoms with E-state index in [9.17, 15) is 14.4 Å². The largest absolute Gasteiger partial charge is 0.462 e. The van der Waals surface area contributed by atoms with Crippen LogP contribution in [0.1, 0.15) is 245 Å². The number of allylic oxidation sites excluding steroid dienone is 18. The summed E-state index contributed by atoms with van der Waals surface area (Å²) in [6, 6.07) is 0. The zero-order chi connectivity index (χ0) is 49.3. The van der Waals surface area contributed by atoms with Gasteiger partial charge in [0.15, 0.2) is 6.10 Å². The number of ether oxygens (including phenoxy) is 3. The van der Waals surface area contributed by atoms with Gasteiger partial charge in [0.25, 0.3) is 0 Å². The summed E-state index contributed by atoms with van der Waals surface area (Å²) in [4.78, 5) is 38.1. The molecule has 1 unspecified atom stereocenters. The van der Waals surface area contributed by atoms with Gasteiger partial charge in [0.2, 0.25) is 0 Å². The molecule has 0 heterocycles. The second-order valence-electron chi connectivity index (χ2n) is 18.1. The lowest BCUT2D eigenvalue weighted by Gasteiger charge is -2.18. The van der Waals surface area contributed by atoms with E-state index in [4.69, 9.17) is 14.2 Å². The summed E-state index contributed by atoms with van der Waals surface area (Å²) in [6.45, 7) is 6.39. The number of carbonyl (C=O) groups is 3. The molecule has 6 nitrogen and oxygen atoms in total. The predicted octanol–water partition coefficient (Wildman–Crippen LogP) is 18.7. The normalized spacial score (nSPS) is 12.9. The number of esters is 3. The molecule has 0 aromatic rings. The Balaban J connectivity index is 4.49. The van der Waals surface area contributed by atoms with Crippen molar-refractivity contribution in [3.63, 3.8) is 0 Å². The average Bonchev–Trinajstić information content (AvgIpc) is 3.34. The molecule has 0 amide bonds. The summed E-state index contributed by atoms with van der Waals surface area (Å²) < 4.78 is 16.8. The highest BCUT2D eigenvalue weighted by Gasteiger charge is 2.19. The fourth-order valence-electron chi connectivity index (χ4n) is 7.29. The molecule has 0 fully saturated rings. The molecule has 0 aromatic heterocycles. The quantitative estimate of drug-likeness (QED) is 0.0262. The Kier molecular flexibility index (Phi) is 52.4. The van der Waals surface area contributed by atoms with Gasteiger partial charge in [0.05, 0.1) is 0 Å². The lowest BCUT2D eigenvalue weighted by atomic mass is 10.1. The maximum absolute atomic E-state index is 12.8. The van der Waals surface area contributed by atoms with E-state index in [2.05, 4.69) is 130 Å². The van der Waals surface area contributed by atoms with Gasteiger partial charge in [-0.3, -0.25) is 14.4 Å². The van der Waals surface area contributed by atoms with Crippen LogP contribution in [0.4, 0.5) is 0 Å². The molecule has 0 aliphatic rings. The van der Waals surface area contributed by atoms with Crippen molar-refractivity contribution in [1.82, 2.24) is 0 Å². The Morgan fingerprint density at radius 1 is 0.309 bits per heavy atom. The summed E-state index contributed by atoms with van der Waals surface area (Å²) in [6.07, 6.45) is 75.0. The molecule has 1 atom stereocenters. The predicted molar refractivity (Wildman–Crippen MR) is 293 cm³/mol. The zero-order valence-corrected chi connectivity index (χ0v) is 44.1. The first kappa shape index (κ1) is 64.1. The molecule has 0 saturated heterocycles. The lowest BCUT2D eigenvalue weighted by molar-refractivity contribution is -0.167. The summed E-state index contributed by atoms with van der Waals surface area (Å²) >= 11 is 0. The first-order valence-corrected chi connectivity index (χ1v) is 27.9. The van der Waals surface area contributed by atoms with Crippen molar-refractivity contribution in [3.8, 4) is 0 Å². The van der Waals surface area contributed by atoms with Gasteiger partial charge in [0, 0.05) is 19.3 Å². The van der Waals surface area contributed by atoms with Crippen LogP contribution in [-0.2, 0) is 28.6 Å². The number of unbranched alkanes of at least 4 members (excludes halogenated alkanes) is 20. The Bertz CT molecular complexity index is 1410. The lowest BCUT2D eigenvalue weighted by Crippen LogP contribution is -2.30. The second-order valence-corrected chi connectivity index (χ2v) is 18.1. The summed E-state index contributed by atoms with van der Waals surface area (Å²) in [5.74, 6) is -0.988. The van der Waals surface area contributed by atoms with E-state index < -0.39 is 6.10 Å². The maximum atomic E-state index is 12.8. The molecule has 0 saturated carbocycles. The molecule has 0 bridgehead atoms. The van der Waals surface area contributed by atoms with Crippen LogP contribution in [0.3, 0.4) is 0 Å². The molecular weight excluding hydrogens is 841 g/mol. The van der Waals surface area contributed by atoms with Gasteiger partial charge in [-0.2, -0.15) is 0 Å². The SMILES string of the molecule is CC/C=C\C/C=C\C/C=C\C/C=C\C/C=C\CCCC(=O)OC(COC(=O)CCCCCCC/C=C\C/C=C\CCCC)COC(=O)CCCCCCCCCCC/C=C\C/C=C\CCCCC. The van der Waals surface area contributed by atoms with Crippen LogP contribution in [-0.4, -0.2) is 37.2 Å². The van der Waals surface area contributed by atoms with Crippen molar-refractivity contribution >= 4 is 17.9 Å². The maximum Gasteiger partial charge on any atom is 0.306 e. The van der Waals surface area contributed by atoms with Crippen LogP contribution in [0, 0.1) is 0 Å². The Morgan fingerprint density at radius 3 is 0.985 bits per heavy atom. The number of rotatable bonds is 49. The molecule has 0 aliphatic carbocycles. The molecular formula is C62H102O6. The van der Waals surface area contributed by atoms with Gasteiger partial charge < -0.3 is 14.2 Å². The minimum absolute atomic E-state index is 0.109. The molecule has 68 heavy (non-hydrogen) atoms. The summed E-state index contributed by atoms with van der Waals surface area (Å²) in [5.41, 5.74) is 0. The minimum atomic E-state index is -0.817. The van der Waals surface area contributed by atoms with Crippen LogP contribution < -0.4 is 0 Å². The molecule has 0 rings (SSSR count). The van der Waals surface area contributed by atoms with Crippen LogP contribution in [0.5, 0.6) is 0 Å². The van der Waals surface area contributed by atoms with E-state index in [0.29, 0.717) is 19.3 Å².